The molecule has 12 heavy (non-hydrogen) atoms. The van der Waals surface area contributed by atoms with Gasteiger partial charge in [-0.15, -0.1) is 0 Å². The van der Waals surface area contributed by atoms with Crippen LogP contribution in [0.25, 0.3) is 0 Å². The van der Waals surface area contributed by atoms with Gasteiger partial charge in [-0.2, -0.15) is 0 Å². The van der Waals surface area contributed by atoms with Gasteiger partial charge in [-0.1, -0.05) is 13.8 Å². The Morgan fingerprint density at radius 1 is 1.42 bits per heavy atom. The molecule has 0 amide bonds. The van der Waals surface area contributed by atoms with E-state index in [2.05, 4.69) is 13.8 Å². The largest absolute Gasteiger partial charge is 0.466 e. The van der Waals surface area contributed by atoms with E-state index in [1.807, 2.05) is 6.92 Å². The van der Waals surface area contributed by atoms with Gasteiger partial charge in [-0.3, -0.25) is 4.79 Å². The van der Waals surface area contributed by atoms with Gasteiger partial charge in [0.2, 0.25) is 0 Å². The molecule has 1 aliphatic rings. The molecule has 0 saturated heterocycles. The summed E-state index contributed by atoms with van der Waals surface area (Å²) in [5, 5.41) is 0. The molecule has 1 unspecified atom stereocenters. The van der Waals surface area contributed by atoms with Crippen molar-refractivity contribution < 1.29 is 9.53 Å². The lowest BCUT2D eigenvalue weighted by Gasteiger charge is -2.10. The summed E-state index contributed by atoms with van der Waals surface area (Å²) >= 11 is 0. The SMILES string of the molecule is CCOC(=O)C1CC1(CC)CC. The van der Waals surface area contributed by atoms with E-state index in [0.29, 0.717) is 12.0 Å². The van der Waals surface area contributed by atoms with Gasteiger partial charge in [0.15, 0.2) is 0 Å². The molecule has 1 saturated carbocycles. The van der Waals surface area contributed by atoms with Gasteiger partial charge >= 0.3 is 5.97 Å². The topological polar surface area (TPSA) is 26.3 Å². The third-order valence-corrected chi connectivity index (χ3v) is 3.17. The molecule has 1 aliphatic carbocycles. The lowest BCUT2D eigenvalue weighted by Crippen LogP contribution is -2.12. The Morgan fingerprint density at radius 3 is 2.33 bits per heavy atom. The maximum absolute atomic E-state index is 11.3. The van der Waals surface area contributed by atoms with E-state index in [0.717, 1.165) is 19.3 Å². The summed E-state index contributed by atoms with van der Waals surface area (Å²) in [6, 6.07) is 0. The number of ether oxygens (including phenoxy) is 1. The van der Waals surface area contributed by atoms with Crippen molar-refractivity contribution in [2.75, 3.05) is 6.61 Å². The molecule has 70 valence electrons. The van der Waals surface area contributed by atoms with Crippen molar-refractivity contribution in [3.63, 3.8) is 0 Å². The molecule has 1 rings (SSSR count). The second kappa shape index (κ2) is 3.46. The van der Waals surface area contributed by atoms with Crippen molar-refractivity contribution in [2.24, 2.45) is 11.3 Å². The molecule has 0 aromatic rings. The fourth-order valence-electron chi connectivity index (χ4n) is 1.96. The van der Waals surface area contributed by atoms with Gasteiger partial charge < -0.3 is 4.74 Å². The van der Waals surface area contributed by atoms with Crippen molar-refractivity contribution in [2.45, 2.75) is 40.0 Å². The predicted molar refractivity (Wildman–Crippen MR) is 47.8 cm³/mol. The van der Waals surface area contributed by atoms with Crippen molar-refractivity contribution in [3.05, 3.63) is 0 Å². The lowest BCUT2D eigenvalue weighted by molar-refractivity contribution is -0.145. The van der Waals surface area contributed by atoms with Crippen molar-refractivity contribution in [1.29, 1.82) is 0 Å². The highest BCUT2D eigenvalue weighted by atomic mass is 16.5. The zero-order chi connectivity index (χ0) is 9.19. The van der Waals surface area contributed by atoms with E-state index in [-0.39, 0.29) is 11.9 Å². The second-order valence-electron chi connectivity index (χ2n) is 3.58. The van der Waals surface area contributed by atoms with Crippen LogP contribution in [0.2, 0.25) is 0 Å². The van der Waals surface area contributed by atoms with Crippen molar-refractivity contribution >= 4 is 5.97 Å². The normalized spacial score (nSPS) is 25.1. The predicted octanol–water partition coefficient (Wildman–Crippen LogP) is 2.38. The number of carbonyl (C=O) groups is 1. The van der Waals surface area contributed by atoms with E-state index in [1.165, 1.54) is 0 Å². The lowest BCUT2D eigenvalue weighted by atomic mass is 9.97. The van der Waals surface area contributed by atoms with Crippen LogP contribution in [0, 0.1) is 11.3 Å². The molecule has 0 aromatic heterocycles. The first kappa shape index (κ1) is 9.56. The van der Waals surface area contributed by atoms with E-state index >= 15 is 0 Å². The molecule has 0 N–H and O–H groups in total. The van der Waals surface area contributed by atoms with E-state index in [1.54, 1.807) is 0 Å². The molecule has 0 aliphatic heterocycles. The van der Waals surface area contributed by atoms with E-state index < -0.39 is 0 Å². The van der Waals surface area contributed by atoms with Crippen LogP contribution in [0.5, 0.6) is 0 Å². The fraction of sp³-hybridized carbons (Fsp3) is 0.900. The van der Waals surface area contributed by atoms with Gasteiger partial charge in [0.05, 0.1) is 12.5 Å². The summed E-state index contributed by atoms with van der Waals surface area (Å²) in [6.07, 6.45) is 3.25. The van der Waals surface area contributed by atoms with Crippen LogP contribution in [0.3, 0.4) is 0 Å². The van der Waals surface area contributed by atoms with Gasteiger partial charge in [-0.05, 0) is 31.6 Å². The van der Waals surface area contributed by atoms with E-state index in [4.69, 9.17) is 4.74 Å². The number of hydrogen-bond donors (Lipinski definition) is 0. The average molecular weight is 170 g/mol. The number of carbonyl (C=O) groups excluding carboxylic acids is 1. The molecule has 0 radical (unpaired) electrons. The number of esters is 1. The van der Waals surface area contributed by atoms with Crippen LogP contribution in [0.4, 0.5) is 0 Å². The summed E-state index contributed by atoms with van der Waals surface area (Å²) in [7, 11) is 0. The summed E-state index contributed by atoms with van der Waals surface area (Å²) in [6.45, 7) is 6.68. The maximum Gasteiger partial charge on any atom is 0.309 e. The molecular weight excluding hydrogens is 152 g/mol. The quantitative estimate of drug-likeness (QED) is 0.605. The minimum Gasteiger partial charge on any atom is -0.466 e. The molecule has 0 aromatic carbocycles. The minimum atomic E-state index is 0.0150. The Hall–Kier alpha value is -0.530. The fourth-order valence-corrected chi connectivity index (χ4v) is 1.96. The first-order chi connectivity index (χ1) is 5.70. The second-order valence-corrected chi connectivity index (χ2v) is 3.58. The van der Waals surface area contributed by atoms with Gasteiger partial charge in [0, 0.05) is 0 Å². The molecule has 2 heteroatoms. The monoisotopic (exact) mass is 170 g/mol. The molecule has 2 nitrogen and oxygen atoms in total. The van der Waals surface area contributed by atoms with Crippen molar-refractivity contribution in [3.8, 4) is 0 Å². The molecule has 0 heterocycles. The van der Waals surface area contributed by atoms with Crippen molar-refractivity contribution in [1.82, 2.24) is 0 Å². The Bertz CT molecular complexity index is 171. The third-order valence-electron chi connectivity index (χ3n) is 3.17. The van der Waals surface area contributed by atoms with Crippen LogP contribution in [0.15, 0.2) is 0 Å². The molecule has 1 atom stereocenters. The molecular formula is C10H18O2. The van der Waals surface area contributed by atoms with Gasteiger partial charge in [0.25, 0.3) is 0 Å². The average Bonchev–Trinajstić information content (AvgIpc) is 2.80. The summed E-state index contributed by atoms with van der Waals surface area (Å²) in [5.41, 5.74) is 0.298. The van der Waals surface area contributed by atoms with Crippen LogP contribution in [-0.2, 0) is 9.53 Å². The van der Waals surface area contributed by atoms with Gasteiger partial charge in [-0.25, -0.2) is 0 Å². The zero-order valence-corrected chi connectivity index (χ0v) is 8.22. The highest BCUT2D eigenvalue weighted by Gasteiger charge is 2.56. The van der Waals surface area contributed by atoms with Crippen LogP contribution < -0.4 is 0 Å². The minimum absolute atomic E-state index is 0.0150. The molecule has 1 fully saturated rings. The zero-order valence-electron chi connectivity index (χ0n) is 8.22. The Balaban J connectivity index is 2.43. The Morgan fingerprint density at radius 2 is 2.00 bits per heavy atom. The first-order valence-electron chi connectivity index (χ1n) is 4.86. The van der Waals surface area contributed by atoms with Crippen LogP contribution >= 0.6 is 0 Å². The van der Waals surface area contributed by atoms with Gasteiger partial charge in [0.1, 0.15) is 0 Å². The Labute approximate surface area is 74.3 Å². The third kappa shape index (κ3) is 1.47. The Kier molecular flexibility index (Phi) is 2.76. The standard InChI is InChI=1S/C10H18O2/c1-4-10(5-2)7-8(10)9(11)12-6-3/h8H,4-7H2,1-3H3. The summed E-state index contributed by atoms with van der Waals surface area (Å²) < 4.78 is 4.99. The van der Waals surface area contributed by atoms with E-state index in [9.17, 15) is 4.79 Å². The first-order valence-corrected chi connectivity index (χ1v) is 4.86. The van der Waals surface area contributed by atoms with Crippen LogP contribution in [-0.4, -0.2) is 12.6 Å². The molecule has 0 bridgehead atoms. The summed E-state index contributed by atoms with van der Waals surface area (Å²) in [5.74, 6) is 0.216. The number of rotatable bonds is 4. The smallest absolute Gasteiger partial charge is 0.309 e. The maximum atomic E-state index is 11.3. The summed E-state index contributed by atoms with van der Waals surface area (Å²) in [4.78, 5) is 11.3. The number of hydrogen-bond acceptors (Lipinski definition) is 2. The highest BCUT2D eigenvalue weighted by molar-refractivity contribution is 5.76. The molecule has 0 spiro atoms. The van der Waals surface area contributed by atoms with Crippen LogP contribution in [0.1, 0.15) is 40.0 Å². The highest BCUT2D eigenvalue weighted by Crippen LogP contribution is 2.58.